The summed E-state index contributed by atoms with van der Waals surface area (Å²) >= 11 is 0. The van der Waals surface area contributed by atoms with Gasteiger partial charge in [0.2, 0.25) is 0 Å². The molecule has 0 saturated heterocycles. The number of allylic oxidation sites excluding steroid dienone is 1. The molecule has 2 aromatic rings. The van der Waals surface area contributed by atoms with Crippen molar-refractivity contribution in [1.82, 2.24) is 0 Å². The van der Waals surface area contributed by atoms with E-state index in [0.717, 1.165) is 0 Å². The zero-order valence-electron chi connectivity index (χ0n) is 12.8. The number of nitro benzene ring substituents is 1. The molecule has 0 fully saturated rings. The van der Waals surface area contributed by atoms with Gasteiger partial charge >= 0.3 is 0 Å². The number of rotatable bonds is 5. The lowest BCUT2D eigenvalue weighted by Gasteiger charge is -2.12. The lowest BCUT2D eigenvalue weighted by Crippen LogP contribution is -2.10. The van der Waals surface area contributed by atoms with Crippen molar-refractivity contribution in [3.63, 3.8) is 0 Å². The molecule has 0 aliphatic rings. The average Bonchev–Trinajstić information content (AvgIpc) is 2.52. The molecule has 0 heterocycles. The maximum absolute atomic E-state index is 12.0. The highest BCUT2D eigenvalue weighted by atomic mass is 16.6. The van der Waals surface area contributed by atoms with E-state index in [-0.39, 0.29) is 17.2 Å². The summed E-state index contributed by atoms with van der Waals surface area (Å²) in [6, 6.07) is 10.7. The fraction of sp³-hybridized carbons (Fsp3) is 0.118. The Labute approximate surface area is 133 Å². The summed E-state index contributed by atoms with van der Waals surface area (Å²) in [5.41, 5.74) is 1.47. The van der Waals surface area contributed by atoms with Gasteiger partial charge in [0.15, 0.2) is 5.78 Å². The second-order valence-corrected chi connectivity index (χ2v) is 5.14. The number of nitro groups is 1. The quantitative estimate of drug-likeness (QED) is 0.396. The Morgan fingerprint density at radius 1 is 1.17 bits per heavy atom. The van der Waals surface area contributed by atoms with E-state index in [9.17, 15) is 20.0 Å². The molecular weight excluding hydrogens is 296 g/mol. The zero-order chi connectivity index (χ0) is 17.0. The fourth-order valence-electron chi connectivity index (χ4n) is 2.06. The summed E-state index contributed by atoms with van der Waals surface area (Å²) in [6.07, 6.45) is 2.88. The van der Waals surface area contributed by atoms with Gasteiger partial charge in [0, 0.05) is 25.7 Å². The number of carbonyl (C=O) groups is 1. The van der Waals surface area contributed by atoms with Crippen molar-refractivity contribution < 1.29 is 14.8 Å². The smallest absolute Gasteiger partial charge is 0.293 e. The Kier molecular flexibility index (Phi) is 4.75. The van der Waals surface area contributed by atoms with Gasteiger partial charge in [-0.15, -0.1) is 0 Å². The van der Waals surface area contributed by atoms with Crippen LogP contribution in [0.4, 0.5) is 11.4 Å². The minimum absolute atomic E-state index is 0.0192. The molecule has 2 rings (SSSR count). The first-order valence-electron chi connectivity index (χ1n) is 6.85. The molecule has 1 N–H and O–H groups in total. The van der Waals surface area contributed by atoms with E-state index in [2.05, 4.69) is 0 Å². The summed E-state index contributed by atoms with van der Waals surface area (Å²) in [4.78, 5) is 24.4. The first kappa shape index (κ1) is 16.2. The molecule has 118 valence electrons. The predicted molar refractivity (Wildman–Crippen MR) is 88.9 cm³/mol. The van der Waals surface area contributed by atoms with E-state index in [1.165, 1.54) is 42.5 Å². The summed E-state index contributed by atoms with van der Waals surface area (Å²) in [7, 11) is 3.46. The van der Waals surface area contributed by atoms with Gasteiger partial charge in [-0.3, -0.25) is 14.9 Å². The van der Waals surface area contributed by atoms with E-state index in [4.69, 9.17) is 0 Å². The molecule has 6 heteroatoms. The molecule has 0 radical (unpaired) electrons. The van der Waals surface area contributed by atoms with Crippen molar-refractivity contribution in [3.8, 4) is 5.75 Å². The van der Waals surface area contributed by atoms with Crippen LogP contribution in [0.2, 0.25) is 0 Å². The van der Waals surface area contributed by atoms with Crippen molar-refractivity contribution in [2.75, 3.05) is 19.0 Å². The number of carbonyl (C=O) groups excluding carboxylic acids is 1. The SMILES string of the molecule is CN(C)c1ccc(C=CC(=O)c2ccc(O)cc2)cc1[N+](=O)[O-]. The Hall–Kier alpha value is -3.15. The van der Waals surface area contributed by atoms with E-state index in [0.29, 0.717) is 16.8 Å². The summed E-state index contributed by atoms with van der Waals surface area (Å²) in [5, 5.41) is 20.3. The van der Waals surface area contributed by atoms with Crippen LogP contribution < -0.4 is 4.90 Å². The van der Waals surface area contributed by atoms with Crippen molar-refractivity contribution in [1.29, 1.82) is 0 Å². The largest absolute Gasteiger partial charge is 0.508 e. The third-order valence-corrected chi connectivity index (χ3v) is 3.26. The second kappa shape index (κ2) is 6.74. The topological polar surface area (TPSA) is 83.7 Å². The normalized spacial score (nSPS) is 10.7. The van der Waals surface area contributed by atoms with Crippen molar-refractivity contribution in [2.45, 2.75) is 0 Å². The van der Waals surface area contributed by atoms with Gasteiger partial charge in [-0.05, 0) is 42.0 Å². The Morgan fingerprint density at radius 2 is 1.83 bits per heavy atom. The van der Waals surface area contributed by atoms with E-state index >= 15 is 0 Å². The number of phenols is 1. The van der Waals surface area contributed by atoms with Gasteiger partial charge in [0.25, 0.3) is 5.69 Å². The molecule has 0 aromatic heterocycles. The second-order valence-electron chi connectivity index (χ2n) is 5.14. The number of aromatic hydroxyl groups is 1. The molecule has 0 amide bonds. The van der Waals surface area contributed by atoms with E-state index in [1.54, 1.807) is 31.1 Å². The lowest BCUT2D eigenvalue weighted by molar-refractivity contribution is -0.384. The summed E-state index contributed by atoms with van der Waals surface area (Å²) in [5.74, 6) is -0.162. The highest BCUT2D eigenvalue weighted by Gasteiger charge is 2.15. The molecule has 6 nitrogen and oxygen atoms in total. The molecule has 23 heavy (non-hydrogen) atoms. The van der Waals surface area contributed by atoms with Crippen LogP contribution in [0.1, 0.15) is 15.9 Å². The minimum Gasteiger partial charge on any atom is -0.508 e. The van der Waals surface area contributed by atoms with Gasteiger partial charge in [-0.25, -0.2) is 0 Å². The van der Waals surface area contributed by atoms with E-state index in [1.807, 2.05) is 0 Å². The van der Waals surface area contributed by atoms with Crippen LogP contribution in [0.15, 0.2) is 48.5 Å². The van der Waals surface area contributed by atoms with Crippen molar-refractivity contribution >= 4 is 23.2 Å². The molecule has 0 bridgehead atoms. The first-order valence-corrected chi connectivity index (χ1v) is 6.85. The third kappa shape index (κ3) is 3.94. The molecule has 0 aliphatic heterocycles. The molecular formula is C17H16N2O4. The first-order chi connectivity index (χ1) is 10.9. The molecule has 0 unspecified atom stereocenters. The van der Waals surface area contributed by atoms with Crippen molar-refractivity contribution in [2.24, 2.45) is 0 Å². The van der Waals surface area contributed by atoms with Crippen LogP contribution in [-0.2, 0) is 0 Å². The predicted octanol–water partition coefficient (Wildman–Crippen LogP) is 3.26. The Morgan fingerprint density at radius 3 is 2.39 bits per heavy atom. The van der Waals surface area contributed by atoms with Gasteiger partial charge in [0.1, 0.15) is 11.4 Å². The minimum atomic E-state index is -0.450. The number of hydrogen-bond acceptors (Lipinski definition) is 5. The molecule has 2 aromatic carbocycles. The highest BCUT2D eigenvalue weighted by molar-refractivity contribution is 6.06. The van der Waals surface area contributed by atoms with Crippen LogP contribution in [0.5, 0.6) is 5.75 Å². The number of hydrogen-bond donors (Lipinski definition) is 1. The van der Waals surface area contributed by atoms with Gasteiger partial charge < -0.3 is 10.0 Å². The third-order valence-electron chi connectivity index (χ3n) is 3.26. The molecule has 0 spiro atoms. The van der Waals surface area contributed by atoms with Crippen LogP contribution in [0, 0.1) is 10.1 Å². The standard InChI is InChI=1S/C17H16N2O4/c1-18(2)15-9-3-12(11-16(15)19(22)23)4-10-17(21)13-5-7-14(20)8-6-13/h3-11,20H,1-2H3. The maximum atomic E-state index is 12.0. The maximum Gasteiger partial charge on any atom is 0.293 e. The van der Waals surface area contributed by atoms with Crippen LogP contribution in [-0.4, -0.2) is 29.9 Å². The van der Waals surface area contributed by atoms with Gasteiger partial charge in [-0.2, -0.15) is 0 Å². The zero-order valence-corrected chi connectivity index (χ0v) is 12.8. The van der Waals surface area contributed by atoms with Crippen LogP contribution >= 0.6 is 0 Å². The van der Waals surface area contributed by atoms with Crippen molar-refractivity contribution in [3.05, 3.63) is 69.8 Å². The number of phenolic OH excluding ortho intramolecular Hbond substituents is 1. The van der Waals surface area contributed by atoms with Crippen LogP contribution in [0.25, 0.3) is 6.08 Å². The molecule has 0 saturated carbocycles. The van der Waals surface area contributed by atoms with Gasteiger partial charge in [0.05, 0.1) is 4.92 Å². The van der Waals surface area contributed by atoms with E-state index < -0.39 is 4.92 Å². The molecule has 0 aliphatic carbocycles. The Bertz CT molecular complexity index is 765. The number of ketones is 1. The van der Waals surface area contributed by atoms with Gasteiger partial charge in [-0.1, -0.05) is 12.1 Å². The van der Waals surface area contributed by atoms with Crippen LogP contribution in [0.3, 0.4) is 0 Å². The average molecular weight is 312 g/mol. The monoisotopic (exact) mass is 312 g/mol. The number of anilines is 1. The number of nitrogens with zero attached hydrogens (tertiary/aromatic N) is 2. The highest BCUT2D eigenvalue weighted by Crippen LogP contribution is 2.28. The Balaban J connectivity index is 2.25. The molecule has 0 atom stereocenters. The number of benzene rings is 2. The summed E-state index contributed by atoms with van der Waals surface area (Å²) < 4.78 is 0. The summed E-state index contributed by atoms with van der Waals surface area (Å²) in [6.45, 7) is 0. The fourth-order valence-corrected chi connectivity index (χ4v) is 2.06. The lowest BCUT2D eigenvalue weighted by atomic mass is 10.1.